The van der Waals surface area contributed by atoms with Crippen LogP contribution in [0.25, 0.3) is 0 Å². The van der Waals surface area contributed by atoms with E-state index in [1.165, 1.54) is 32.1 Å². The van der Waals surface area contributed by atoms with Crippen molar-refractivity contribution >= 4 is 0 Å². The molecule has 0 aromatic rings. The lowest BCUT2D eigenvalue weighted by atomic mass is 9.83. The third-order valence-electron chi connectivity index (χ3n) is 3.29. The van der Waals surface area contributed by atoms with Crippen LogP contribution in [0.5, 0.6) is 0 Å². The molecule has 2 heteroatoms. The Bertz CT molecular complexity index is 152. The van der Waals surface area contributed by atoms with Crippen LogP contribution in [0.1, 0.15) is 46.0 Å². The number of rotatable bonds is 5. The van der Waals surface area contributed by atoms with Gasteiger partial charge in [-0.3, -0.25) is 0 Å². The third-order valence-corrected chi connectivity index (χ3v) is 3.29. The summed E-state index contributed by atoms with van der Waals surface area (Å²) in [6, 6.07) is 0. The van der Waals surface area contributed by atoms with Crippen LogP contribution in [0.15, 0.2) is 0 Å². The molecule has 0 bridgehead atoms. The van der Waals surface area contributed by atoms with E-state index < -0.39 is 0 Å². The highest BCUT2D eigenvalue weighted by atomic mass is 16.5. The van der Waals surface area contributed by atoms with Gasteiger partial charge in [-0.2, -0.15) is 0 Å². The van der Waals surface area contributed by atoms with Gasteiger partial charge in [-0.25, -0.2) is 0 Å². The molecule has 1 unspecified atom stereocenters. The molecule has 1 saturated carbocycles. The van der Waals surface area contributed by atoms with Gasteiger partial charge >= 0.3 is 0 Å². The molecular formula is C12H25NO. The normalized spacial score (nSPS) is 23.4. The molecule has 0 radical (unpaired) electrons. The van der Waals surface area contributed by atoms with E-state index in [1.54, 1.807) is 7.11 Å². The van der Waals surface area contributed by atoms with E-state index in [2.05, 4.69) is 19.2 Å². The smallest absolute Gasteiger partial charge is 0.0499 e. The second kappa shape index (κ2) is 5.72. The van der Waals surface area contributed by atoms with Crippen LogP contribution in [0.2, 0.25) is 0 Å². The molecule has 1 N–H and O–H groups in total. The Hall–Kier alpha value is -0.0800. The van der Waals surface area contributed by atoms with Gasteiger partial charge in [0.05, 0.1) is 0 Å². The quantitative estimate of drug-likeness (QED) is 0.735. The minimum absolute atomic E-state index is 0.403. The van der Waals surface area contributed by atoms with E-state index in [-0.39, 0.29) is 0 Å². The lowest BCUT2D eigenvalue weighted by Gasteiger charge is -2.35. The first-order chi connectivity index (χ1) is 6.66. The van der Waals surface area contributed by atoms with E-state index in [1.807, 2.05) is 0 Å². The molecular weight excluding hydrogens is 174 g/mol. The molecule has 84 valence electrons. The molecule has 0 aromatic carbocycles. The van der Waals surface area contributed by atoms with Crippen LogP contribution >= 0.6 is 0 Å². The van der Waals surface area contributed by atoms with Gasteiger partial charge in [0.15, 0.2) is 0 Å². The molecule has 0 spiro atoms. The van der Waals surface area contributed by atoms with Gasteiger partial charge in [0.1, 0.15) is 0 Å². The van der Waals surface area contributed by atoms with Crippen LogP contribution in [-0.2, 0) is 4.74 Å². The van der Waals surface area contributed by atoms with Gasteiger partial charge in [-0.1, -0.05) is 26.2 Å². The highest BCUT2D eigenvalue weighted by molar-refractivity contribution is 4.86. The highest BCUT2D eigenvalue weighted by Gasteiger charge is 2.26. The monoisotopic (exact) mass is 199 g/mol. The molecule has 2 nitrogen and oxygen atoms in total. The number of nitrogens with one attached hydrogen (secondary N) is 1. The maximum Gasteiger partial charge on any atom is 0.0499 e. The average Bonchev–Trinajstić information content (AvgIpc) is 2.17. The summed E-state index contributed by atoms with van der Waals surface area (Å²) in [6.07, 6.45) is 6.88. The van der Waals surface area contributed by atoms with Gasteiger partial charge in [-0.05, 0) is 25.7 Å². The lowest BCUT2D eigenvalue weighted by molar-refractivity contribution is 0.147. The summed E-state index contributed by atoms with van der Waals surface area (Å²) in [6.45, 7) is 6.56. The lowest BCUT2D eigenvalue weighted by Crippen LogP contribution is -2.46. The fraction of sp³-hybridized carbons (Fsp3) is 1.00. The minimum atomic E-state index is 0.403. The zero-order chi connectivity index (χ0) is 10.4. The molecule has 1 aliphatic carbocycles. The summed E-state index contributed by atoms with van der Waals surface area (Å²) in [5.41, 5.74) is 0.403. The Balaban J connectivity index is 2.21. The molecule has 14 heavy (non-hydrogen) atoms. The topological polar surface area (TPSA) is 21.3 Å². The van der Waals surface area contributed by atoms with Gasteiger partial charge in [0.2, 0.25) is 0 Å². The Morgan fingerprint density at radius 2 is 1.93 bits per heavy atom. The van der Waals surface area contributed by atoms with Crippen molar-refractivity contribution in [1.82, 2.24) is 5.32 Å². The van der Waals surface area contributed by atoms with E-state index in [0.717, 1.165) is 13.2 Å². The number of ether oxygens (including phenoxy) is 1. The van der Waals surface area contributed by atoms with Crippen LogP contribution in [0.4, 0.5) is 0 Å². The summed E-state index contributed by atoms with van der Waals surface area (Å²) in [5.74, 6) is 0.624. The Labute approximate surface area is 88.4 Å². The van der Waals surface area contributed by atoms with E-state index in [9.17, 15) is 0 Å². The van der Waals surface area contributed by atoms with E-state index >= 15 is 0 Å². The molecule has 0 aromatic heterocycles. The minimum Gasteiger partial charge on any atom is -0.384 e. The summed E-state index contributed by atoms with van der Waals surface area (Å²) >= 11 is 0. The number of hydrogen-bond donors (Lipinski definition) is 1. The van der Waals surface area contributed by atoms with Crippen molar-refractivity contribution in [2.75, 3.05) is 20.3 Å². The Morgan fingerprint density at radius 3 is 2.50 bits per heavy atom. The van der Waals surface area contributed by atoms with Gasteiger partial charge in [-0.15, -0.1) is 0 Å². The van der Waals surface area contributed by atoms with E-state index in [4.69, 9.17) is 4.74 Å². The molecule has 0 saturated heterocycles. The van der Waals surface area contributed by atoms with Crippen LogP contribution in [0, 0.1) is 5.92 Å². The van der Waals surface area contributed by atoms with Crippen molar-refractivity contribution in [2.24, 2.45) is 5.92 Å². The molecule has 0 aliphatic heterocycles. The Morgan fingerprint density at radius 1 is 1.29 bits per heavy atom. The molecule has 0 heterocycles. The van der Waals surface area contributed by atoms with Crippen LogP contribution in [-0.4, -0.2) is 25.8 Å². The van der Waals surface area contributed by atoms with Crippen molar-refractivity contribution in [1.29, 1.82) is 0 Å². The largest absolute Gasteiger partial charge is 0.384 e. The Kier molecular flexibility index (Phi) is 4.90. The van der Waals surface area contributed by atoms with Crippen molar-refractivity contribution in [3.8, 4) is 0 Å². The first-order valence-electron chi connectivity index (χ1n) is 5.90. The molecule has 1 atom stereocenters. The summed E-state index contributed by atoms with van der Waals surface area (Å²) in [5, 5.41) is 3.70. The zero-order valence-corrected chi connectivity index (χ0v) is 9.94. The second-order valence-electron chi connectivity index (χ2n) is 5.06. The van der Waals surface area contributed by atoms with Crippen molar-refractivity contribution in [2.45, 2.75) is 51.5 Å². The SMILES string of the molecule is COCC(C)CNC1(C)CCCCC1. The first-order valence-corrected chi connectivity index (χ1v) is 5.90. The first kappa shape index (κ1) is 12.0. The third kappa shape index (κ3) is 3.97. The van der Waals surface area contributed by atoms with Crippen molar-refractivity contribution < 1.29 is 4.74 Å². The van der Waals surface area contributed by atoms with Crippen LogP contribution < -0.4 is 5.32 Å². The summed E-state index contributed by atoms with van der Waals surface area (Å²) in [7, 11) is 1.78. The standard InChI is InChI=1S/C12H25NO/c1-11(10-14-3)9-13-12(2)7-5-4-6-8-12/h11,13H,4-10H2,1-3H3. The highest BCUT2D eigenvalue weighted by Crippen LogP contribution is 2.27. The summed E-state index contributed by atoms with van der Waals surface area (Å²) in [4.78, 5) is 0. The van der Waals surface area contributed by atoms with Crippen LogP contribution in [0.3, 0.4) is 0 Å². The molecule has 0 amide bonds. The van der Waals surface area contributed by atoms with E-state index in [0.29, 0.717) is 11.5 Å². The molecule has 1 aliphatic rings. The van der Waals surface area contributed by atoms with Crippen molar-refractivity contribution in [3.05, 3.63) is 0 Å². The van der Waals surface area contributed by atoms with Gasteiger partial charge in [0, 0.05) is 25.8 Å². The predicted octanol–water partition coefficient (Wildman–Crippen LogP) is 2.58. The second-order valence-corrected chi connectivity index (χ2v) is 5.06. The maximum absolute atomic E-state index is 5.14. The fourth-order valence-electron chi connectivity index (χ4n) is 2.27. The average molecular weight is 199 g/mol. The molecule has 1 rings (SSSR count). The van der Waals surface area contributed by atoms with Gasteiger partial charge in [0.25, 0.3) is 0 Å². The van der Waals surface area contributed by atoms with Gasteiger partial charge < -0.3 is 10.1 Å². The van der Waals surface area contributed by atoms with Crippen molar-refractivity contribution in [3.63, 3.8) is 0 Å². The fourth-order valence-corrected chi connectivity index (χ4v) is 2.27. The predicted molar refractivity (Wildman–Crippen MR) is 60.5 cm³/mol. The summed E-state index contributed by atoms with van der Waals surface area (Å²) < 4.78 is 5.14. The maximum atomic E-state index is 5.14. The zero-order valence-electron chi connectivity index (χ0n) is 9.94. The molecule has 1 fully saturated rings. The number of methoxy groups -OCH3 is 1. The number of hydrogen-bond acceptors (Lipinski definition) is 2.